The quantitative estimate of drug-likeness (QED) is 0.137. The second-order valence-corrected chi connectivity index (χ2v) is 8.68. The zero-order valence-corrected chi connectivity index (χ0v) is 19.1. The summed E-state index contributed by atoms with van der Waals surface area (Å²) in [6.07, 6.45) is 1.85. The highest BCUT2D eigenvalue weighted by Crippen LogP contribution is 2.34. The predicted molar refractivity (Wildman–Crippen MR) is 130 cm³/mol. The second-order valence-electron chi connectivity index (χ2n) is 8.68. The maximum atomic E-state index is 13.6. The molecule has 0 unspecified atom stereocenters. The first-order valence-electron chi connectivity index (χ1n) is 11.2. The summed E-state index contributed by atoms with van der Waals surface area (Å²) < 4.78 is 29.1. The zero-order chi connectivity index (χ0) is 24.2. The molecule has 3 aromatic carbocycles. The summed E-state index contributed by atoms with van der Waals surface area (Å²) in [6.45, 7) is 4.69. The Hall–Kier alpha value is -3.80. The minimum atomic E-state index is -0.912. The van der Waals surface area contributed by atoms with Crippen molar-refractivity contribution in [3.63, 3.8) is 0 Å². The van der Waals surface area contributed by atoms with Crippen LogP contribution in [-0.2, 0) is 13.0 Å². The molecule has 4 aromatic rings. The van der Waals surface area contributed by atoms with Crippen molar-refractivity contribution in [2.45, 2.75) is 39.2 Å². The van der Waals surface area contributed by atoms with Gasteiger partial charge < -0.3 is 9.77 Å². The van der Waals surface area contributed by atoms with Crippen molar-refractivity contribution in [1.29, 1.82) is 0 Å². The summed E-state index contributed by atoms with van der Waals surface area (Å²) in [4.78, 5) is 13.5. The van der Waals surface area contributed by atoms with E-state index < -0.39 is 11.6 Å². The van der Waals surface area contributed by atoms with Crippen LogP contribution in [0.4, 0.5) is 8.78 Å². The van der Waals surface area contributed by atoms with Crippen LogP contribution in [0.3, 0.4) is 0 Å². The van der Waals surface area contributed by atoms with E-state index in [1.807, 2.05) is 48.5 Å². The van der Waals surface area contributed by atoms with Gasteiger partial charge in [0.05, 0.1) is 6.21 Å². The lowest BCUT2D eigenvalue weighted by molar-refractivity contribution is 0.0983. The van der Waals surface area contributed by atoms with Gasteiger partial charge in [-0.3, -0.25) is 4.79 Å². The molecule has 1 aromatic heterocycles. The number of nitrogens with zero attached hydrogens (tertiary/aromatic N) is 2. The molecule has 0 spiro atoms. The molecular formula is C28H26F2N2O2. The van der Waals surface area contributed by atoms with Gasteiger partial charge in [0.2, 0.25) is 0 Å². The standard InChI is InChI=1S/C28H26F2N2O2/c1-18(2)28-27(26(33)13-10-19-9-12-23(29)24(30)14-19)22-11-8-21(16-31-34)15-25(22)32(28)17-20-6-4-3-5-7-20/h3-9,11-12,14-16,18,34H,10,13,17H2,1-2H3/b31-16+. The van der Waals surface area contributed by atoms with Crippen LogP contribution in [0.25, 0.3) is 10.9 Å². The molecule has 0 amide bonds. The van der Waals surface area contributed by atoms with Gasteiger partial charge in [-0.1, -0.05) is 67.5 Å². The van der Waals surface area contributed by atoms with Gasteiger partial charge >= 0.3 is 0 Å². The SMILES string of the molecule is CC(C)c1c(C(=O)CCc2ccc(F)c(F)c2)c2ccc(/C=N/O)cc2n1Cc1ccccc1. The summed E-state index contributed by atoms with van der Waals surface area (Å²) in [5.74, 6) is -1.80. The first-order valence-corrected chi connectivity index (χ1v) is 11.2. The lowest BCUT2D eigenvalue weighted by atomic mass is 9.96. The van der Waals surface area contributed by atoms with Crippen LogP contribution in [0.15, 0.2) is 71.9 Å². The van der Waals surface area contributed by atoms with Crippen molar-refractivity contribution in [3.05, 3.63) is 106 Å². The smallest absolute Gasteiger partial charge is 0.165 e. The third kappa shape index (κ3) is 4.76. The Morgan fingerprint density at radius 3 is 2.44 bits per heavy atom. The largest absolute Gasteiger partial charge is 0.411 e. The molecule has 0 aliphatic rings. The number of halogens is 2. The molecule has 4 nitrogen and oxygen atoms in total. The molecule has 1 N–H and O–H groups in total. The van der Waals surface area contributed by atoms with Gasteiger partial charge in [0.1, 0.15) is 0 Å². The lowest BCUT2D eigenvalue weighted by Crippen LogP contribution is -2.11. The van der Waals surface area contributed by atoms with Crippen molar-refractivity contribution in [1.82, 2.24) is 4.57 Å². The number of fused-ring (bicyclic) bond motifs is 1. The number of carbonyl (C=O) groups excluding carboxylic acids is 1. The number of ketones is 1. The Balaban J connectivity index is 1.80. The average molecular weight is 461 g/mol. The number of benzene rings is 3. The molecular weight excluding hydrogens is 434 g/mol. The topological polar surface area (TPSA) is 54.6 Å². The molecule has 4 rings (SSSR count). The molecule has 0 aliphatic carbocycles. The molecule has 0 aliphatic heterocycles. The number of hydrogen-bond donors (Lipinski definition) is 1. The highest BCUT2D eigenvalue weighted by Gasteiger charge is 2.24. The number of aromatic nitrogens is 1. The summed E-state index contributed by atoms with van der Waals surface area (Å²) in [7, 11) is 0. The van der Waals surface area contributed by atoms with Crippen LogP contribution in [-0.4, -0.2) is 21.8 Å². The molecule has 0 radical (unpaired) electrons. The Labute approximate surface area is 197 Å². The summed E-state index contributed by atoms with van der Waals surface area (Å²) >= 11 is 0. The maximum absolute atomic E-state index is 13.6. The molecule has 0 fully saturated rings. The van der Waals surface area contributed by atoms with Gasteiger partial charge in [-0.05, 0) is 47.2 Å². The van der Waals surface area contributed by atoms with Gasteiger partial charge in [-0.15, -0.1) is 0 Å². The summed E-state index contributed by atoms with van der Waals surface area (Å²) in [5.41, 5.74) is 4.85. The van der Waals surface area contributed by atoms with Crippen LogP contribution in [0.2, 0.25) is 0 Å². The first kappa shape index (κ1) is 23.4. The van der Waals surface area contributed by atoms with Crippen LogP contribution in [0, 0.1) is 11.6 Å². The first-order chi connectivity index (χ1) is 16.4. The fourth-order valence-electron chi connectivity index (χ4n) is 4.44. The number of oxime groups is 1. The third-order valence-corrected chi connectivity index (χ3v) is 5.97. The molecule has 6 heteroatoms. The normalized spacial score (nSPS) is 11.7. The van der Waals surface area contributed by atoms with Crippen LogP contribution in [0.1, 0.15) is 58.9 Å². The van der Waals surface area contributed by atoms with Crippen molar-refractivity contribution >= 4 is 22.9 Å². The van der Waals surface area contributed by atoms with Crippen molar-refractivity contribution in [2.75, 3.05) is 0 Å². The molecule has 0 saturated carbocycles. The van der Waals surface area contributed by atoms with Crippen LogP contribution >= 0.6 is 0 Å². The van der Waals surface area contributed by atoms with E-state index in [9.17, 15) is 13.6 Å². The minimum absolute atomic E-state index is 0.0474. The Morgan fingerprint density at radius 2 is 1.76 bits per heavy atom. The predicted octanol–water partition coefficient (Wildman–Crippen LogP) is 6.71. The molecule has 34 heavy (non-hydrogen) atoms. The molecule has 1 heterocycles. The molecule has 0 saturated heterocycles. The van der Waals surface area contributed by atoms with Gasteiger partial charge in [0.25, 0.3) is 0 Å². The average Bonchev–Trinajstić information content (AvgIpc) is 3.14. The van der Waals surface area contributed by atoms with Gasteiger partial charge in [-0.25, -0.2) is 8.78 Å². The molecule has 0 bridgehead atoms. The molecule has 174 valence electrons. The fraction of sp³-hybridized carbons (Fsp3) is 0.214. The van der Waals surface area contributed by atoms with E-state index >= 15 is 0 Å². The van der Waals surface area contributed by atoms with E-state index in [1.165, 1.54) is 12.3 Å². The Kier molecular flexibility index (Phi) is 6.87. The monoisotopic (exact) mass is 460 g/mol. The number of rotatable bonds is 8. The zero-order valence-electron chi connectivity index (χ0n) is 19.1. The lowest BCUT2D eigenvalue weighted by Gasteiger charge is -2.15. The van der Waals surface area contributed by atoms with E-state index in [-0.39, 0.29) is 18.1 Å². The fourth-order valence-corrected chi connectivity index (χ4v) is 4.44. The van der Waals surface area contributed by atoms with Crippen molar-refractivity contribution in [2.24, 2.45) is 5.16 Å². The summed E-state index contributed by atoms with van der Waals surface area (Å²) in [5, 5.41) is 13.0. The number of hydrogen-bond acceptors (Lipinski definition) is 3. The second kappa shape index (κ2) is 10.00. The van der Waals surface area contributed by atoms with Gasteiger partial charge in [0.15, 0.2) is 17.4 Å². The summed E-state index contributed by atoms with van der Waals surface area (Å²) in [6, 6.07) is 19.3. The van der Waals surface area contributed by atoms with E-state index in [2.05, 4.69) is 23.6 Å². The van der Waals surface area contributed by atoms with Crippen LogP contribution in [0.5, 0.6) is 0 Å². The number of aryl methyl sites for hydroxylation is 1. The van der Waals surface area contributed by atoms with E-state index in [0.29, 0.717) is 24.1 Å². The highest BCUT2D eigenvalue weighted by atomic mass is 19.2. The van der Waals surface area contributed by atoms with Gasteiger partial charge in [-0.2, -0.15) is 0 Å². The van der Waals surface area contributed by atoms with Gasteiger partial charge in [0, 0.05) is 35.1 Å². The highest BCUT2D eigenvalue weighted by molar-refractivity contribution is 6.10. The minimum Gasteiger partial charge on any atom is -0.411 e. The van der Waals surface area contributed by atoms with E-state index in [4.69, 9.17) is 5.21 Å². The Bertz CT molecular complexity index is 1360. The number of carbonyl (C=O) groups is 1. The van der Waals surface area contributed by atoms with Crippen LogP contribution < -0.4 is 0 Å². The van der Waals surface area contributed by atoms with E-state index in [1.54, 1.807) is 0 Å². The Morgan fingerprint density at radius 1 is 1.00 bits per heavy atom. The van der Waals surface area contributed by atoms with Crippen molar-refractivity contribution < 1.29 is 18.8 Å². The third-order valence-electron chi connectivity index (χ3n) is 5.97. The maximum Gasteiger partial charge on any atom is 0.165 e. The number of Topliss-reactive ketones (excluding diaryl/α,β-unsaturated/α-hetero) is 1. The molecule has 0 atom stereocenters. The van der Waals surface area contributed by atoms with E-state index in [0.717, 1.165) is 39.9 Å². The van der Waals surface area contributed by atoms with Crippen molar-refractivity contribution in [3.8, 4) is 0 Å².